The van der Waals surface area contributed by atoms with Gasteiger partial charge in [-0.3, -0.25) is 19.3 Å². The first-order chi connectivity index (χ1) is 18.4. The van der Waals surface area contributed by atoms with Gasteiger partial charge in [-0.2, -0.15) is 0 Å². The Bertz CT molecular complexity index is 1290. The topological polar surface area (TPSA) is 118 Å². The number of hydrogen-bond donors (Lipinski definition) is 2. The molecule has 1 heterocycles. The van der Waals surface area contributed by atoms with Gasteiger partial charge in [-0.05, 0) is 74.2 Å². The van der Waals surface area contributed by atoms with Crippen molar-refractivity contribution in [2.45, 2.75) is 52.1 Å². The molecule has 0 bridgehead atoms. The monoisotopic (exact) mass is 533 g/mol. The van der Waals surface area contributed by atoms with Crippen molar-refractivity contribution in [3.05, 3.63) is 89.4 Å². The molecule has 0 radical (unpaired) electrons. The molecule has 206 valence electrons. The van der Waals surface area contributed by atoms with E-state index in [9.17, 15) is 19.2 Å². The third-order valence-corrected chi connectivity index (χ3v) is 5.90. The lowest BCUT2D eigenvalue weighted by molar-refractivity contribution is -0.127. The molecule has 39 heavy (non-hydrogen) atoms. The molecule has 3 amide bonds. The average Bonchev–Trinajstić information content (AvgIpc) is 3.44. The van der Waals surface area contributed by atoms with Gasteiger partial charge in [0, 0.05) is 11.2 Å². The maximum absolute atomic E-state index is 13.8. The molecule has 1 atom stereocenters. The lowest BCUT2D eigenvalue weighted by Gasteiger charge is -2.34. The maximum atomic E-state index is 13.8. The smallest absolute Gasteiger partial charge is 0.337 e. The van der Waals surface area contributed by atoms with Crippen LogP contribution in [-0.2, 0) is 14.3 Å². The molecular formula is C30H35N3O6. The maximum Gasteiger partial charge on any atom is 0.337 e. The first-order valence-corrected chi connectivity index (χ1v) is 12.7. The minimum atomic E-state index is -1.07. The summed E-state index contributed by atoms with van der Waals surface area (Å²) in [5, 5.41) is 5.54. The standard InChI is InChI=1S/C30H35N3O6/c1-19(2)20-9-11-21(12-10-20)26(28(36)32-30(3,4)5)33(23-15-13-22(14-16-23)29(37)38-6)25(34)18-31-27(35)24-8-7-17-39-24/h7-17,19,26H,18H2,1-6H3,(H,31,35)(H,32,36)/t26-/m1/s1. The summed E-state index contributed by atoms with van der Waals surface area (Å²) in [4.78, 5) is 53.3. The van der Waals surface area contributed by atoms with Gasteiger partial charge < -0.3 is 19.8 Å². The van der Waals surface area contributed by atoms with Crippen LogP contribution in [0.1, 0.15) is 78.6 Å². The molecule has 2 aromatic carbocycles. The minimum Gasteiger partial charge on any atom is -0.465 e. The first kappa shape index (κ1) is 29.2. The van der Waals surface area contributed by atoms with E-state index in [1.807, 2.05) is 45.0 Å². The number of esters is 1. The Hall–Kier alpha value is -4.40. The van der Waals surface area contributed by atoms with Crippen LogP contribution in [0.3, 0.4) is 0 Å². The zero-order valence-electron chi connectivity index (χ0n) is 23.1. The van der Waals surface area contributed by atoms with Crippen molar-refractivity contribution in [2.24, 2.45) is 0 Å². The van der Waals surface area contributed by atoms with Crippen LogP contribution in [0.25, 0.3) is 0 Å². The van der Waals surface area contributed by atoms with Crippen LogP contribution in [0.2, 0.25) is 0 Å². The molecule has 0 saturated heterocycles. The first-order valence-electron chi connectivity index (χ1n) is 12.7. The zero-order valence-corrected chi connectivity index (χ0v) is 23.1. The molecule has 0 unspecified atom stereocenters. The van der Waals surface area contributed by atoms with Crippen LogP contribution < -0.4 is 15.5 Å². The van der Waals surface area contributed by atoms with Crippen molar-refractivity contribution < 1.29 is 28.3 Å². The molecule has 0 fully saturated rings. The van der Waals surface area contributed by atoms with E-state index in [2.05, 4.69) is 24.5 Å². The van der Waals surface area contributed by atoms with E-state index in [1.54, 1.807) is 18.2 Å². The average molecular weight is 534 g/mol. The van der Waals surface area contributed by atoms with Crippen LogP contribution in [-0.4, -0.2) is 42.9 Å². The van der Waals surface area contributed by atoms with E-state index < -0.39 is 41.8 Å². The second-order valence-electron chi connectivity index (χ2n) is 10.4. The fourth-order valence-electron chi connectivity index (χ4n) is 3.97. The number of methoxy groups -OCH3 is 1. The van der Waals surface area contributed by atoms with E-state index in [0.29, 0.717) is 11.3 Å². The third-order valence-electron chi connectivity index (χ3n) is 5.90. The molecule has 9 nitrogen and oxygen atoms in total. The lowest BCUT2D eigenvalue weighted by atomic mass is 9.96. The van der Waals surface area contributed by atoms with Gasteiger partial charge in [-0.15, -0.1) is 0 Å². The van der Waals surface area contributed by atoms with Gasteiger partial charge in [0.15, 0.2) is 5.76 Å². The molecule has 0 spiro atoms. The highest BCUT2D eigenvalue weighted by Gasteiger charge is 2.34. The number of amides is 3. The number of furan rings is 1. The van der Waals surface area contributed by atoms with Crippen molar-refractivity contribution >= 4 is 29.4 Å². The quantitative estimate of drug-likeness (QED) is 0.388. The highest BCUT2D eigenvalue weighted by atomic mass is 16.5. The molecule has 2 N–H and O–H groups in total. The van der Waals surface area contributed by atoms with Crippen molar-refractivity contribution in [2.75, 3.05) is 18.6 Å². The number of nitrogens with zero attached hydrogens (tertiary/aromatic N) is 1. The van der Waals surface area contributed by atoms with E-state index >= 15 is 0 Å². The van der Waals surface area contributed by atoms with Gasteiger partial charge >= 0.3 is 5.97 Å². The van der Waals surface area contributed by atoms with Crippen LogP contribution in [0.5, 0.6) is 0 Å². The molecule has 3 aromatic rings. The summed E-state index contributed by atoms with van der Waals surface area (Å²) in [6.07, 6.45) is 1.36. The Labute approximate surface area is 228 Å². The van der Waals surface area contributed by atoms with E-state index in [4.69, 9.17) is 9.15 Å². The van der Waals surface area contributed by atoms with Gasteiger partial charge in [0.25, 0.3) is 5.91 Å². The number of rotatable bonds is 9. The van der Waals surface area contributed by atoms with Crippen molar-refractivity contribution in [1.29, 1.82) is 0 Å². The summed E-state index contributed by atoms with van der Waals surface area (Å²) in [5.41, 5.74) is 1.74. The van der Waals surface area contributed by atoms with E-state index in [1.165, 1.54) is 36.5 Å². The van der Waals surface area contributed by atoms with Gasteiger partial charge in [-0.25, -0.2) is 4.79 Å². The second-order valence-corrected chi connectivity index (χ2v) is 10.4. The molecule has 0 aliphatic rings. The summed E-state index contributed by atoms with van der Waals surface area (Å²) in [6.45, 7) is 9.29. The Kier molecular flexibility index (Phi) is 9.29. The third kappa shape index (κ3) is 7.56. The van der Waals surface area contributed by atoms with Gasteiger partial charge in [0.2, 0.25) is 11.8 Å². The second kappa shape index (κ2) is 12.4. The Morgan fingerprint density at radius 3 is 2.05 bits per heavy atom. The molecule has 9 heteroatoms. The van der Waals surface area contributed by atoms with E-state index in [-0.39, 0.29) is 17.2 Å². The summed E-state index contributed by atoms with van der Waals surface area (Å²) in [6, 6.07) is 15.7. The summed E-state index contributed by atoms with van der Waals surface area (Å²) < 4.78 is 9.90. The fourth-order valence-corrected chi connectivity index (χ4v) is 3.97. The molecule has 0 aliphatic heterocycles. The molecule has 0 saturated carbocycles. The summed E-state index contributed by atoms with van der Waals surface area (Å²) in [5.74, 6) is -1.70. The van der Waals surface area contributed by atoms with Crippen molar-refractivity contribution in [3.8, 4) is 0 Å². The van der Waals surface area contributed by atoms with Crippen LogP contribution in [0.15, 0.2) is 71.3 Å². The molecule has 3 rings (SSSR count). The predicted molar refractivity (Wildman–Crippen MR) is 147 cm³/mol. The van der Waals surface area contributed by atoms with Crippen LogP contribution in [0, 0.1) is 0 Å². The summed E-state index contributed by atoms with van der Waals surface area (Å²) >= 11 is 0. The van der Waals surface area contributed by atoms with Gasteiger partial charge in [-0.1, -0.05) is 38.1 Å². The lowest BCUT2D eigenvalue weighted by Crippen LogP contribution is -2.51. The number of anilines is 1. The Morgan fingerprint density at radius 1 is 0.923 bits per heavy atom. The number of nitrogens with one attached hydrogen (secondary N) is 2. The number of carbonyl (C=O) groups is 4. The number of ether oxygens (including phenoxy) is 1. The van der Waals surface area contributed by atoms with Crippen LogP contribution >= 0.6 is 0 Å². The largest absolute Gasteiger partial charge is 0.465 e. The highest BCUT2D eigenvalue weighted by molar-refractivity contribution is 6.04. The zero-order chi connectivity index (χ0) is 28.7. The van der Waals surface area contributed by atoms with Gasteiger partial charge in [0.05, 0.1) is 25.5 Å². The molecular weight excluding hydrogens is 498 g/mol. The Balaban J connectivity index is 2.07. The minimum absolute atomic E-state index is 0.0584. The van der Waals surface area contributed by atoms with Gasteiger partial charge in [0.1, 0.15) is 6.04 Å². The molecule has 1 aromatic heterocycles. The van der Waals surface area contributed by atoms with Crippen molar-refractivity contribution in [1.82, 2.24) is 10.6 Å². The predicted octanol–water partition coefficient (Wildman–Crippen LogP) is 4.61. The number of benzene rings is 2. The van der Waals surface area contributed by atoms with E-state index in [0.717, 1.165) is 5.56 Å². The number of carbonyl (C=O) groups excluding carboxylic acids is 4. The summed E-state index contributed by atoms with van der Waals surface area (Å²) in [7, 11) is 1.28. The Morgan fingerprint density at radius 2 is 1.54 bits per heavy atom. The fraction of sp³-hybridized carbons (Fsp3) is 0.333. The van der Waals surface area contributed by atoms with Crippen LogP contribution in [0.4, 0.5) is 5.69 Å². The van der Waals surface area contributed by atoms with Crippen molar-refractivity contribution in [3.63, 3.8) is 0 Å². The highest BCUT2D eigenvalue weighted by Crippen LogP contribution is 2.30. The molecule has 0 aliphatic carbocycles. The number of hydrogen-bond acceptors (Lipinski definition) is 6. The SMILES string of the molecule is COC(=O)c1ccc(N(C(=O)CNC(=O)c2ccco2)[C@@H](C(=O)NC(C)(C)C)c2ccc(C(C)C)cc2)cc1. The normalized spacial score (nSPS) is 12.0.